The maximum absolute atomic E-state index is 13.0. The molecule has 0 spiro atoms. The molecule has 1 amide bonds. The summed E-state index contributed by atoms with van der Waals surface area (Å²) >= 11 is 1.65. The summed E-state index contributed by atoms with van der Waals surface area (Å²) in [5.74, 6) is 1.73. The van der Waals surface area contributed by atoms with Gasteiger partial charge in [-0.05, 0) is 67.5 Å². The molecule has 2 aromatic carbocycles. The van der Waals surface area contributed by atoms with Crippen molar-refractivity contribution < 1.29 is 27.8 Å². The van der Waals surface area contributed by atoms with Crippen LogP contribution in [0.3, 0.4) is 0 Å². The molecule has 0 bridgehead atoms. The molecule has 3 aromatic rings. The Morgan fingerprint density at radius 3 is 2.50 bits per heavy atom. The van der Waals surface area contributed by atoms with E-state index in [1.54, 1.807) is 18.0 Å². The molecule has 10 heteroatoms. The van der Waals surface area contributed by atoms with Crippen molar-refractivity contribution in [2.24, 2.45) is 0 Å². The Labute approximate surface area is 224 Å². The third kappa shape index (κ3) is 7.24. The second-order valence-electron chi connectivity index (χ2n) is 9.35. The molecule has 1 saturated heterocycles. The number of carbonyl (C=O) groups is 1. The van der Waals surface area contributed by atoms with Crippen LogP contribution in [0, 0.1) is 6.92 Å². The van der Waals surface area contributed by atoms with Crippen molar-refractivity contribution in [3.8, 4) is 5.75 Å². The van der Waals surface area contributed by atoms with Gasteiger partial charge in [-0.25, -0.2) is 4.79 Å². The molecule has 204 valence electrons. The van der Waals surface area contributed by atoms with Crippen LogP contribution < -0.4 is 9.64 Å². The number of carboxylic acid groups (broad SMARTS) is 1. The fourth-order valence-corrected chi connectivity index (χ4v) is 5.62. The topological polar surface area (TPSA) is 65.9 Å². The van der Waals surface area contributed by atoms with Crippen molar-refractivity contribution in [1.82, 2.24) is 9.88 Å². The van der Waals surface area contributed by atoms with E-state index in [1.807, 2.05) is 31.2 Å². The number of nitrogens with zero attached hydrogens (tertiary/aromatic N) is 3. The minimum absolute atomic E-state index is 0.367. The van der Waals surface area contributed by atoms with Crippen molar-refractivity contribution in [3.63, 3.8) is 0 Å². The van der Waals surface area contributed by atoms with Gasteiger partial charge in [-0.1, -0.05) is 18.9 Å². The van der Waals surface area contributed by atoms with Crippen LogP contribution in [0.25, 0.3) is 10.9 Å². The van der Waals surface area contributed by atoms with E-state index in [9.17, 15) is 18.0 Å². The summed E-state index contributed by atoms with van der Waals surface area (Å²) in [5, 5.41) is 9.87. The number of unbranched alkanes of at least 4 members (excludes halogenated alkanes) is 3. The first-order valence-corrected chi connectivity index (χ1v) is 13.8. The number of aryl methyl sites for hydroxylation is 1. The van der Waals surface area contributed by atoms with Crippen molar-refractivity contribution in [2.45, 2.75) is 43.7 Å². The van der Waals surface area contributed by atoms with Gasteiger partial charge in [0.05, 0.1) is 17.7 Å². The average molecular weight is 548 g/mol. The Morgan fingerprint density at radius 1 is 1.03 bits per heavy atom. The zero-order chi connectivity index (χ0) is 27.1. The maximum Gasteiger partial charge on any atom is 0.416 e. The first-order valence-electron chi connectivity index (χ1n) is 12.8. The zero-order valence-electron chi connectivity index (χ0n) is 21.3. The zero-order valence-corrected chi connectivity index (χ0v) is 22.2. The summed E-state index contributed by atoms with van der Waals surface area (Å²) in [5.41, 5.74) is 1.92. The highest BCUT2D eigenvalue weighted by Gasteiger charge is 2.30. The molecule has 1 N–H and O–H groups in total. The Hall–Kier alpha value is -3.14. The second kappa shape index (κ2) is 12.6. The molecule has 0 unspecified atom stereocenters. The smallest absolute Gasteiger partial charge is 0.416 e. The standard InChI is InChI=1S/C28H32F3N3O3S/c1-20-18-22(7-9-25(20)33-12-14-34(15-13-33)27(35)36)37-16-4-2-3-5-17-38-26-10-11-32-24-19-21(28(29,30)31)6-8-23(24)26/h6-11,18-19H,2-5,12-17H2,1H3,(H,35,36). The van der Waals surface area contributed by atoms with Crippen LogP contribution in [0.15, 0.2) is 53.6 Å². The number of rotatable bonds is 10. The average Bonchev–Trinajstić information content (AvgIpc) is 2.89. The first kappa shape index (κ1) is 27.9. The predicted octanol–water partition coefficient (Wildman–Crippen LogP) is 7.09. The Balaban J connectivity index is 1.14. The van der Waals surface area contributed by atoms with Gasteiger partial charge in [0.1, 0.15) is 5.75 Å². The van der Waals surface area contributed by atoms with Gasteiger partial charge in [-0.15, -0.1) is 11.8 Å². The van der Waals surface area contributed by atoms with E-state index in [1.165, 1.54) is 11.0 Å². The van der Waals surface area contributed by atoms with E-state index in [4.69, 9.17) is 9.84 Å². The summed E-state index contributed by atoms with van der Waals surface area (Å²) in [6.07, 6.45) is 0.383. The number of piperazine rings is 1. The fourth-order valence-electron chi connectivity index (χ4n) is 4.57. The van der Waals surface area contributed by atoms with E-state index >= 15 is 0 Å². The molecule has 1 aromatic heterocycles. The number of hydrogen-bond acceptors (Lipinski definition) is 5. The van der Waals surface area contributed by atoms with Crippen molar-refractivity contribution in [2.75, 3.05) is 43.4 Å². The van der Waals surface area contributed by atoms with Gasteiger partial charge < -0.3 is 19.6 Å². The minimum Gasteiger partial charge on any atom is -0.494 e. The van der Waals surface area contributed by atoms with Gasteiger partial charge in [0.15, 0.2) is 0 Å². The van der Waals surface area contributed by atoms with Gasteiger partial charge in [-0.2, -0.15) is 13.2 Å². The maximum atomic E-state index is 13.0. The number of pyridine rings is 1. The van der Waals surface area contributed by atoms with Crippen molar-refractivity contribution in [1.29, 1.82) is 0 Å². The molecular weight excluding hydrogens is 515 g/mol. The quantitative estimate of drug-likeness (QED) is 0.216. The third-order valence-electron chi connectivity index (χ3n) is 6.65. The van der Waals surface area contributed by atoms with Gasteiger partial charge >= 0.3 is 12.3 Å². The molecule has 1 fully saturated rings. The van der Waals surface area contributed by atoms with Crippen LogP contribution in [-0.2, 0) is 6.18 Å². The fraction of sp³-hybridized carbons (Fsp3) is 0.429. The second-order valence-corrected chi connectivity index (χ2v) is 10.5. The van der Waals surface area contributed by atoms with E-state index in [2.05, 4.69) is 9.88 Å². The summed E-state index contributed by atoms with van der Waals surface area (Å²) in [7, 11) is 0. The number of ether oxygens (including phenoxy) is 1. The lowest BCUT2D eigenvalue weighted by Crippen LogP contribution is -2.48. The molecule has 1 aliphatic rings. The number of halogens is 3. The Bertz CT molecular complexity index is 1250. The van der Waals surface area contributed by atoms with Crippen LogP contribution in [-0.4, -0.2) is 59.6 Å². The van der Waals surface area contributed by atoms with Crippen LogP contribution in [0.4, 0.5) is 23.7 Å². The molecule has 2 heterocycles. The highest BCUT2D eigenvalue weighted by Crippen LogP contribution is 2.34. The van der Waals surface area contributed by atoms with E-state index < -0.39 is 17.8 Å². The lowest BCUT2D eigenvalue weighted by Gasteiger charge is -2.35. The third-order valence-corrected chi connectivity index (χ3v) is 7.81. The SMILES string of the molecule is Cc1cc(OCCCCCCSc2ccnc3cc(C(F)(F)F)ccc23)ccc1N1CCN(C(=O)O)CC1. The van der Waals surface area contributed by atoms with Crippen LogP contribution >= 0.6 is 11.8 Å². The number of anilines is 1. The van der Waals surface area contributed by atoms with Crippen molar-refractivity contribution in [3.05, 3.63) is 59.8 Å². The molecule has 0 radical (unpaired) electrons. The number of hydrogen-bond donors (Lipinski definition) is 1. The molecule has 4 rings (SSSR count). The van der Waals surface area contributed by atoms with Gasteiger partial charge in [0.2, 0.25) is 0 Å². The van der Waals surface area contributed by atoms with E-state index in [0.717, 1.165) is 70.9 Å². The normalized spacial score (nSPS) is 14.2. The van der Waals surface area contributed by atoms with Crippen LogP contribution in [0.1, 0.15) is 36.8 Å². The van der Waals surface area contributed by atoms with E-state index in [0.29, 0.717) is 38.3 Å². The molecule has 0 saturated carbocycles. The Morgan fingerprint density at radius 2 is 1.79 bits per heavy atom. The van der Waals surface area contributed by atoms with Crippen LogP contribution in [0.2, 0.25) is 0 Å². The lowest BCUT2D eigenvalue weighted by molar-refractivity contribution is -0.137. The number of alkyl halides is 3. The number of amides is 1. The minimum atomic E-state index is -4.37. The van der Waals surface area contributed by atoms with Crippen molar-refractivity contribution >= 4 is 34.4 Å². The number of thioether (sulfide) groups is 1. The number of benzene rings is 2. The lowest BCUT2D eigenvalue weighted by atomic mass is 10.1. The van der Waals surface area contributed by atoms with Gasteiger partial charge in [0.25, 0.3) is 0 Å². The van der Waals surface area contributed by atoms with Gasteiger partial charge in [-0.3, -0.25) is 4.98 Å². The molecular formula is C28H32F3N3O3S. The predicted molar refractivity (Wildman–Crippen MR) is 144 cm³/mol. The molecule has 6 nitrogen and oxygen atoms in total. The summed E-state index contributed by atoms with van der Waals surface area (Å²) in [4.78, 5) is 19.8. The number of fused-ring (bicyclic) bond motifs is 1. The molecule has 38 heavy (non-hydrogen) atoms. The van der Waals surface area contributed by atoms with Crippen LogP contribution in [0.5, 0.6) is 5.75 Å². The summed E-state index contributed by atoms with van der Waals surface area (Å²) in [6, 6.07) is 11.6. The summed E-state index contributed by atoms with van der Waals surface area (Å²) < 4.78 is 44.8. The highest BCUT2D eigenvalue weighted by molar-refractivity contribution is 7.99. The largest absolute Gasteiger partial charge is 0.494 e. The summed E-state index contributed by atoms with van der Waals surface area (Å²) in [6.45, 7) is 5.06. The number of aromatic nitrogens is 1. The molecule has 0 atom stereocenters. The first-order chi connectivity index (χ1) is 18.2. The monoisotopic (exact) mass is 547 g/mol. The van der Waals surface area contributed by atoms with E-state index in [-0.39, 0.29) is 0 Å². The molecule has 0 aliphatic carbocycles. The molecule has 1 aliphatic heterocycles. The van der Waals surface area contributed by atoms with Gasteiger partial charge in [0, 0.05) is 48.3 Å². The Kier molecular flexibility index (Phi) is 9.25. The highest BCUT2D eigenvalue weighted by atomic mass is 32.2.